The topological polar surface area (TPSA) is 13.8 Å². The van der Waals surface area contributed by atoms with Crippen molar-refractivity contribution in [3.63, 3.8) is 0 Å². The molecule has 1 aliphatic rings. The summed E-state index contributed by atoms with van der Waals surface area (Å²) in [4.78, 5) is 0. The predicted octanol–water partition coefficient (Wildman–Crippen LogP) is 12.6. The fraction of sp³-hybridized carbons (Fsp3) is 0.0800. The molecule has 3 nitrogen and oxygen atoms in total. The van der Waals surface area contributed by atoms with E-state index in [0.717, 1.165) is 40.3 Å². The van der Waals surface area contributed by atoms with E-state index >= 15 is 0 Å². The van der Waals surface area contributed by atoms with Crippen LogP contribution in [0.2, 0.25) is 0 Å². The van der Waals surface area contributed by atoms with Crippen LogP contribution < -0.4 is 5.22 Å². The van der Waals surface area contributed by atoms with Gasteiger partial charge >= 0.3 is 0 Å². The van der Waals surface area contributed by atoms with Crippen molar-refractivity contribution >= 4 is 67.3 Å². The fourth-order valence-corrected chi connectivity index (χ4v) is 8.77. The molecule has 4 heterocycles. The van der Waals surface area contributed by atoms with Gasteiger partial charge in [0.25, 0.3) is 0 Å². The summed E-state index contributed by atoms with van der Waals surface area (Å²) < 4.78 is 7.37. The number of benzene rings is 6. The Labute approximate surface area is 308 Å². The Morgan fingerprint density at radius 2 is 1.21 bits per heavy atom. The minimum atomic E-state index is 0.996. The largest absolute Gasteiger partial charge is 0.316 e. The second-order valence-corrected chi connectivity index (χ2v) is 13.8. The minimum Gasteiger partial charge on any atom is -0.316 e. The molecule has 0 unspecified atom stereocenters. The highest BCUT2D eigenvalue weighted by atomic mass is 15.0. The average Bonchev–Trinajstić information content (AvgIpc) is 3.74. The van der Waals surface area contributed by atoms with Crippen LogP contribution in [0.25, 0.3) is 95.2 Å². The summed E-state index contributed by atoms with van der Waals surface area (Å²) in [5, 5.41) is 5.86. The highest BCUT2D eigenvalue weighted by Crippen LogP contribution is 2.38. The highest BCUT2D eigenvalue weighted by molar-refractivity contribution is 6.15. The smallest absolute Gasteiger partial charge is 0.0637 e. The number of aromatic nitrogens is 3. The molecule has 0 radical (unpaired) electrons. The van der Waals surface area contributed by atoms with Gasteiger partial charge in [0.05, 0.1) is 22.1 Å². The standard InChI is InChI=1S/C48H33N3.C2H6/c1-31-46-45-24-23-41-39-19-8-11-22-44(39)51(48(41)46)37-18-12-17-36(30-37)50-43-21-10-9-20-40(43)42(47(31)50)25-26-49(45)38-28-34(32-13-4-2-5-14-32)27-35(29-38)33-15-6-3-7-16-33;1-2/h2-10,12-21,23-30H,1,11,22H2;1-2H3. The summed E-state index contributed by atoms with van der Waals surface area (Å²) in [7, 11) is 0. The Kier molecular flexibility index (Phi) is 7.23. The van der Waals surface area contributed by atoms with Crippen LogP contribution in [0, 0.1) is 0 Å². The number of allylic oxidation sites excluding steroid dienone is 1. The minimum absolute atomic E-state index is 0.996. The Bertz CT molecular complexity index is 3080. The SMILES string of the molecule is C=c1c2c3ccc4c5c(n(c6cccc(c6)n6c7ccccc7c(ccn3-c3cc(-c7ccccc7)cc(-c7ccccc7)c3)c16)c42)CCC=C5.CC. The van der Waals surface area contributed by atoms with Crippen LogP contribution in [0.3, 0.4) is 0 Å². The van der Waals surface area contributed by atoms with E-state index in [9.17, 15) is 0 Å². The van der Waals surface area contributed by atoms with Crippen molar-refractivity contribution in [2.24, 2.45) is 0 Å². The summed E-state index contributed by atoms with van der Waals surface area (Å²) in [5.41, 5.74) is 15.5. The van der Waals surface area contributed by atoms with Crippen LogP contribution in [0.5, 0.6) is 0 Å². The quantitative estimate of drug-likeness (QED) is 0.176. The first kappa shape index (κ1) is 31.2. The summed E-state index contributed by atoms with van der Waals surface area (Å²) in [5.74, 6) is 0. The Morgan fingerprint density at radius 1 is 0.528 bits per heavy atom. The fourth-order valence-electron chi connectivity index (χ4n) is 8.77. The van der Waals surface area contributed by atoms with Gasteiger partial charge in [0, 0.05) is 60.9 Å². The molecular formula is C50H39N3. The van der Waals surface area contributed by atoms with Gasteiger partial charge in [-0.3, -0.25) is 0 Å². The molecule has 0 spiro atoms. The molecule has 10 aromatic rings. The van der Waals surface area contributed by atoms with Crippen molar-refractivity contribution < 1.29 is 0 Å². The van der Waals surface area contributed by atoms with E-state index in [2.05, 4.69) is 177 Å². The maximum atomic E-state index is 5.02. The van der Waals surface area contributed by atoms with E-state index in [1.807, 2.05) is 13.8 Å². The van der Waals surface area contributed by atoms with Gasteiger partial charge in [-0.25, -0.2) is 0 Å². The van der Waals surface area contributed by atoms with E-state index in [1.54, 1.807) is 0 Å². The first-order chi connectivity index (χ1) is 26.2. The number of hydrogen-bond acceptors (Lipinski definition) is 0. The molecule has 0 aliphatic heterocycles. The van der Waals surface area contributed by atoms with Gasteiger partial charge in [0.15, 0.2) is 0 Å². The number of fused-ring (bicyclic) bond motifs is 10. The molecule has 0 N–H and O–H groups in total. The zero-order valence-corrected chi connectivity index (χ0v) is 30.1. The zero-order chi connectivity index (χ0) is 35.6. The van der Waals surface area contributed by atoms with Crippen LogP contribution in [-0.2, 0) is 6.42 Å². The second kappa shape index (κ2) is 12.3. The molecule has 11 rings (SSSR count). The average molecular weight is 682 g/mol. The van der Waals surface area contributed by atoms with Crippen molar-refractivity contribution in [1.82, 2.24) is 13.4 Å². The summed E-state index contributed by atoms with van der Waals surface area (Å²) in [6.45, 7) is 9.02. The lowest BCUT2D eigenvalue weighted by atomic mass is 9.97. The van der Waals surface area contributed by atoms with E-state index in [1.165, 1.54) is 71.6 Å². The van der Waals surface area contributed by atoms with E-state index in [4.69, 9.17) is 6.58 Å². The number of hydrogen-bond donors (Lipinski definition) is 0. The van der Waals surface area contributed by atoms with Gasteiger partial charge in [-0.1, -0.05) is 124 Å². The van der Waals surface area contributed by atoms with Crippen LogP contribution in [0.1, 0.15) is 31.5 Å². The van der Waals surface area contributed by atoms with Crippen LogP contribution >= 0.6 is 0 Å². The lowest BCUT2D eigenvalue weighted by Crippen LogP contribution is -2.07. The third-order valence-corrected chi connectivity index (χ3v) is 11.0. The van der Waals surface area contributed by atoms with Gasteiger partial charge < -0.3 is 13.4 Å². The molecule has 254 valence electrons. The van der Waals surface area contributed by atoms with Crippen molar-refractivity contribution in [3.05, 3.63) is 174 Å². The summed E-state index contributed by atoms with van der Waals surface area (Å²) in [6.07, 6.45) is 8.97. The Balaban J connectivity index is 0.00000172. The number of aryl methyl sites for hydroxylation is 1. The van der Waals surface area contributed by atoms with Crippen LogP contribution in [-0.4, -0.2) is 13.4 Å². The van der Waals surface area contributed by atoms with E-state index in [-0.39, 0.29) is 0 Å². The van der Waals surface area contributed by atoms with Crippen molar-refractivity contribution in [3.8, 4) is 27.9 Å². The number of para-hydroxylation sites is 1. The lowest BCUT2D eigenvalue weighted by Gasteiger charge is -2.16. The maximum Gasteiger partial charge on any atom is 0.0637 e. The molecular weight excluding hydrogens is 643 g/mol. The second-order valence-electron chi connectivity index (χ2n) is 13.8. The third-order valence-electron chi connectivity index (χ3n) is 11.0. The molecule has 3 heteroatoms. The molecule has 6 aromatic carbocycles. The molecule has 1 aliphatic carbocycles. The first-order valence-electron chi connectivity index (χ1n) is 18.8. The first-order valence-corrected chi connectivity index (χ1v) is 18.8. The van der Waals surface area contributed by atoms with Crippen LogP contribution in [0.15, 0.2) is 158 Å². The van der Waals surface area contributed by atoms with Gasteiger partial charge in [-0.05, 0) is 89.7 Å². The van der Waals surface area contributed by atoms with Gasteiger partial charge in [-0.2, -0.15) is 0 Å². The molecule has 0 amide bonds. The molecule has 4 aromatic heterocycles. The Morgan fingerprint density at radius 3 is 1.94 bits per heavy atom. The van der Waals surface area contributed by atoms with Crippen molar-refractivity contribution in [1.29, 1.82) is 0 Å². The van der Waals surface area contributed by atoms with Crippen molar-refractivity contribution in [2.75, 3.05) is 0 Å². The van der Waals surface area contributed by atoms with Gasteiger partial charge in [0.1, 0.15) is 0 Å². The van der Waals surface area contributed by atoms with E-state index < -0.39 is 0 Å². The number of rotatable bonds is 3. The molecule has 53 heavy (non-hydrogen) atoms. The Hall–Kier alpha value is -6.58. The molecule has 0 atom stereocenters. The van der Waals surface area contributed by atoms with Crippen molar-refractivity contribution in [2.45, 2.75) is 26.7 Å². The number of nitrogens with zero attached hydrogens (tertiary/aromatic N) is 3. The highest BCUT2D eigenvalue weighted by Gasteiger charge is 2.22. The predicted molar refractivity (Wildman–Crippen MR) is 227 cm³/mol. The molecule has 4 bridgehead atoms. The summed E-state index contributed by atoms with van der Waals surface area (Å²) >= 11 is 0. The molecule has 0 saturated carbocycles. The molecule has 0 saturated heterocycles. The maximum absolute atomic E-state index is 5.02. The van der Waals surface area contributed by atoms with Gasteiger partial charge in [0.2, 0.25) is 0 Å². The lowest BCUT2D eigenvalue weighted by molar-refractivity contribution is 0.923. The normalized spacial score (nSPS) is 12.6. The summed E-state index contributed by atoms with van der Waals surface area (Å²) in [6, 6.07) is 53.3. The molecule has 0 fully saturated rings. The van der Waals surface area contributed by atoms with Crippen LogP contribution in [0.4, 0.5) is 0 Å². The third kappa shape index (κ3) is 4.67. The zero-order valence-electron chi connectivity index (χ0n) is 30.1. The monoisotopic (exact) mass is 681 g/mol. The van der Waals surface area contributed by atoms with Gasteiger partial charge in [-0.15, -0.1) is 0 Å². The van der Waals surface area contributed by atoms with E-state index in [0.29, 0.717) is 0 Å².